The van der Waals surface area contributed by atoms with Gasteiger partial charge >= 0.3 is 6.18 Å². The summed E-state index contributed by atoms with van der Waals surface area (Å²) in [5.74, 6) is -0.411. The number of nitrogens with one attached hydrogen (secondary N) is 2. The summed E-state index contributed by atoms with van der Waals surface area (Å²) in [6, 6.07) is 6.54. The van der Waals surface area contributed by atoms with E-state index < -0.39 is 24.5 Å². The molecule has 0 radical (unpaired) electrons. The molecule has 2 aromatic rings. The van der Waals surface area contributed by atoms with Gasteiger partial charge < -0.3 is 10.3 Å². The first kappa shape index (κ1) is 14.4. The third-order valence-electron chi connectivity index (χ3n) is 2.97. The second-order valence-electron chi connectivity index (χ2n) is 4.82. The maximum Gasteiger partial charge on any atom is 0.391 e. The summed E-state index contributed by atoms with van der Waals surface area (Å²) < 4.78 is 36.6. The third kappa shape index (κ3) is 3.76. The lowest BCUT2D eigenvalue weighted by Gasteiger charge is -2.15. The number of alkyl halides is 3. The molecule has 3 nitrogen and oxygen atoms in total. The van der Waals surface area contributed by atoms with Crippen molar-refractivity contribution in [1.82, 2.24) is 10.3 Å². The summed E-state index contributed by atoms with van der Waals surface area (Å²) in [6.45, 7) is 1.35. The zero-order chi connectivity index (χ0) is 14.8. The van der Waals surface area contributed by atoms with Gasteiger partial charge in [0.25, 0.3) is 0 Å². The highest BCUT2D eigenvalue weighted by Crippen LogP contribution is 2.22. The standard InChI is InChI=1S/C14H15F3N2O/c1-9(7-14(15,16)17)19-13(20)6-10-8-18-12-5-3-2-4-11(10)12/h2-5,8-9,18H,6-7H2,1H3,(H,19,20). The summed E-state index contributed by atoms with van der Waals surface area (Å²) in [5, 5.41) is 3.28. The number of hydrogen-bond donors (Lipinski definition) is 2. The molecular weight excluding hydrogens is 269 g/mol. The van der Waals surface area contributed by atoms with E-state index in [1.807, 2.05) is 24.3 Å². The van der Waals surface area contributed by atoms with Gasteiger partial charge in [-0.05, 0) is 18.6 Å². The third-order valence-corrected chi connectivity index (χ3v) is 2.97. The molecule has 1 aromatic heterocycles. The number of aromatic nitrogens is 1. The molecule has 108 valence electrons. The Bertz CT molecular complexity index is 604. The number of H-pyrrole nitrogens is 1. The number of carbonyl (C=O) groups is 1. The molecular formula is C14H15F3N2O. The van der Waals surface area contributed by atoms with E-state index in [1.165, 1.54) is 6.92 Å². The molecule has 20 heavy (non-hydrogen) atoms. The molecule has 1 atom stereocenters. The molecule has 1 heterocycles. The first-order chi connectivity index (χ1) is 9.35. The molecule has 0 aliphatic carbocycles. The van der Waals surface area contributed by atoms with Gasteiger partial charge in [-0.15, -0.1) is 0 Å². The lowest BCUT2D eigenvalue weighted by atomic mass is 10.1. The Morgan fingerprint density at radius 1 is 1.35 bits per heavy atom. The highest BCUT2D eigenvalue weighted by Gasteiger charge is 2.30. The lowest BCUT2D eigenvalue weighted by Crippen LogP contribution is -2.36. The Labute approximate surface area is 114 Å². The van der Waals surface area contributed by atoms with Gasteiger partial charge in [0.1, 0.15) is 0 Å². The van der Waals surface area contributed by atoms with Crippen LogP contribution in [0.15, 0.2) is 30.5 Å². The number of halogens is 3. The largest absolute Gasteiger partial charge is 0.391 e. The van der Waals surface area contributed by atoms with Crippen LogP contribution in [0.2, 0.25) is 0 Å². The van der Waals surface area contributed by atoms with Gasteiger partial charge in [-0.3, -0.25) is 4.79 Å². The zero-order valence-corrected chi connectivity index (χ0v) is 10.9. The van der Waals surface area contributed by atoms with Crippen molar-refractivity contribution in [2.24, 2.45) is 0 Å². The fourth-order valence-corrected chi connectivity index (χ4v) is 2.17. The van der Waals surface area contributed by atoms with E-state index in [0.29, 0.717) is 0 Å². The van der Waals surface area contributed by atoms with Gasteiger partial charge in [-0.2, -0.15) is 13.2 Å². The zero-order valence-electron chi connectivity index (χ0n) is 10.9. The summed E-state index contributed by atoms with van der Waals surface area (Å²) in [7, 11) is 0. The molecule has 0 fully saturated rings. The average molecular weight is 284 g/mol. The van der Waals surface area contributed by atoms with E-state index in [-0.39, 0.29) is 6.42 Å². The number of hydrogen-bond acceptors (Lipinski definition) is 1. The molecule has 0 saturated heterocycles. The average Bonchev–Trinajstić information content (AvgIpc) is 2.70. The van der Waals surface area contributed by atoms with Crippen LogP contribution in [0.25, 0.3) is 10.9 Å². The molecule has 0 aliphatic heterocycles. The van der Waals surface area contributed by atoms with E-state index >= 15 is 0 Å². The molecule has 1 unspecified atom stereocenters. The van der Waals surface area contributed by atoms with Crippen LogP contribution >= 0.6 is 0 Å². The summed E-state index contributed by atoms with van der Waals surface area (Å²) >= 11 is 0. The highest BCUT2D eigenvalue weighted by molar-refractivity contribution is 5.88. The van der Waals surface area contributed by atoms with Crippen LogP contribution in [-0.4, -0.2) is 23.1 Å². The highest BCUT2D eigenvalue weighted by atomic mass is 19.4. The minimum absolute atomic E-state index is 0.0617. The molecule has 0 saturated carbocycles. The SMILES string of the molecule is CC(CC(F)(F)F)NC(=O)Cc1c[nH]c2ccccc12. The van der Waals surface area contributed by atoms with Gasteiger partial charge in [0, 0.05) is 23.1 Å². The fraction of sp³-hybridized carbons (Fsp3) is 0.357. The molecule has 0 spiro atoms. The normalized spacial score (nSPS) is 13.4. The topological polar surface area (TPSA) is 44.9 Å². The van der Waals surface area contributed by atoms with Crippen molar-refractivity contribution in [1.29, 1.82) is 0 Å². The molecule has 2 N–H and O–H groups in total. The van der Waals surface area contributed by atoms with Crippen molar-refractivity contribution in [3.8, 4) is 0 Å². The first-order valence-corrected chi connectivity index (χ1v) is 6.26. The number of rotatable bonds is 4. The maximum atomic E-state index is 12.2. The number of carbonyl (C=O) groups excluding carboxylic acids is 1. The van der Waals surface area contributed by atoms with Gasteiger partial charge in [-0.1, -0.05) is 18.2 Å². The molecule has 6 heteroatoms. The van der Waals surface area contributed by atoms with Crippen LogP contribution in [0.1, 0.15) is 18.9 Å². The molecule has 0 aliphatic rings. The number of benzene rings is 1. The summed E-state index contributed by atoms with van der Waals surface area (Å²) in [5.41, 5.74) is 1.68. The van der Waals surface area contributed by atoms with Crippen molar-refractivity contribution in [3.63, 3.8) is 0 Å². The van der Waals surface area contributed by atoms with Crippen LogP contribution in [0.3, 0.4) is 0 Å². The predicted molar refractivity (Wildman–Crippen MR) is 70.3 cm³/mol. The quantitative estimate of drug-likeness (QED) is 0.890. The minimum Gasteiger partial charge on any atom is -0.361 e. The van der Waals surface area contributed by atoms with Gasteiger partial charge in [0.2, 0.25) is 5.91 Å². The second kappa shape index (κ2) is 5.56. The summed E-state index contributed by atoms with van der Waals surface area (Å²) in [6.07, 6.45) is -3.52. The summed E-state index contributed by atoms with van der Waals surface area (Å²) in [4.78, 5) is 14.8. The van der Waals surface area contributed by atoms with Crippen molar-refractivity contribution < 1.29 is 18.0 Å². The van der Waals surface area contributed by atoms with E-state index in [9.17, 15) is 18.0 Å². The second-order valence-corrected chi connectivity index (χ2v) is 4.82. The molecule has 2 rings (SSSR count). The van der Waals surface area contributed by atoms with Gasteiger partial charge in [0.05, 0.1) is 12.8 Å². The first-order valence-electron chi connectivity index (χ1n) is 6.26. The Balaban J connectivity index is 1.98. The van der Waals surface area contributed by atoms with E-state index in [2.05, 4.69) is 10.3 Å². The number of amides is 1. The van der Waals surface area contributed by atoms with Crippen LogP contribution in [0.5, 0.6) is 0 Å². The Kier molecular flexibility index (Phi) is 4.01. The van der Waals surface area contributed by atoms with Gasteiger partial charge in [0.15, 0.2) is 0 Å². The molecule has 1 aromatic carbocycles. The van der Waals surface area contributed by atoms with Crippen molar-refractivity contribution in [2.45, 2.75) is 32.0 Å². The smallest absolute Gasteiger partial charge is 0.361 e. The van der Waals surface area contributed by atoms with Crippen LogP contribution in [0, 0.1) is 0 Å². The number of aromatic amines is 1. The fourth-order valence-electron chi connectivity index (χ4n) is 2.17. The number of para-hydroxylation sites is 1. The van der Waals surface area contributed by atoms with Gasteiger partial charge in [-0.25, -0.2) is 0 Å². The van der Waals surface area contributed by atoms with E-state index in [4.69, 9.17) is 0 Å². The number of fused-ring (bicyclic) bond motifs is 1. The van der Waals surface area contributed by atoms with E-state index in [1.54, 1.807) is 6.20 Å². The van der Waals surface area contributed by atoms with E-state index in [0.717, 1.165) is 16.5 Å². The maximum absolute atomic E-state index is 12.2. The Morgan fingerprint density at radius 2 is 2.05 bits per heavy atom. The monoisotopic (exact) mass is 284 g/mol. The van der Waals surface area contributed by atoms with Crippen molar-refractivity contribution in [3.05, 3.63) is 36.0 Å². The van der Waals surface area contributed by atoms with Crippen LogP contribution < -0.4 is 5.32 Å². The Hall–Kier alpha value is -1.98. The van der Waals surface area contributed by atoms with Crippen LogP contribution in [-0.2, 0) is 11.2 Å². The minimum atomic E-state index is -4.27. The molecule has 0 bridgehead atoms. The Morgan fingerprint density at radius 3 is 2.75 bits per heavy atom. The van der Waals surface area contributed by atoms with Crippen molar-refractivity contribution >= 4 is 16.8 Å². The van der Waals surface area contributed by atoms with Crippen LogP contribution in [0.4, 0.5) is 13.2 Å². The lowest BCUT2D eigenvalue weighted by molar-refractivity contribution is -0.141. The predicted octanol–water partition coefficient (Wildman–Crippen LogP) is 3.17. The molecule has 1 amide bonds. The van der Waals surface area contributed by atoms with Crippen molar-refractivity contribution in [2.75, 3.05) is 0 Å².